The largest absolute Gasteiger partial charge is 0.228 e. The predicted octanol–water partition coefficient (Wildman–Crippen LogP) is 13.3. The average molecular weight is 715 g/mol. The number of rotatable bonds is 4. The van der Waals surface area contributed by atoms with E-state index in [0.29, 0.717) is 5.82 Å². The lowest BCUT2D eigenvalue weighted by Gasteiger charge is -2.46. The number of fused-ring (bicyclic) bond motifs is 10. The highest BCUT2D eigenvalue weighted by Crippen LogP contribution is 2.63. The SMILES string of the molecule is CC1(C)c2ccccc2C2(c3ccccc3-c3c(-c4ccc(-c5nc(-c6ccccc6)cc(-c6ccccc6)n5)c5ccccc45)cccc32)c2ccccc21. The third-order valence-corrected chi connectivity index (χ3v) is 12.4. The van der Waals surface area contributed by atoms with Crippen molar-refractivity contribution in [2.45, 2.75) is 24.7 Å². The minimum Gasteiger partial charge on any atom is -0.228 e. The van der Waals surface area contributed by atoms with Crippen LogP contribution in [-0.2, 0) is 10.8 Å². The molecule has 2 aliphatic carbocycles. The molecule has 2 heteroatoms. The topological polar surface area (TPSA) is 25.8 Å². The maximum absolute atomic E-state index is 5.24. The molecule has 56 heavy (non-hydrogen) atoms. The van der Waals surface area contributed by atoms with Gasteiger partial charge in [0, 0.05) is 22.1 Å². The van der Waals surface area contributed by atoms with E-state index >= 15 is 0 Å². The Morgan fingerprint density at radius 3 is 1.39 bits per heavy atom. The van der Waals surface area contributed by atoms with E-state index in [1.54, 1.807) is 0 Å². The van der Waals surface area contributed by atoms with Gasteiger partial charge >= 0.3 is 0 Å². The van der Waals surface area contributed by atoms with E-state index in [1.807, 2.05) is 12.1 Å². The van der Waals surface area contributed by atoms with Crippen molar-refractivity contribution in [2.24, 2.45) is 0 Å². The summed E-state index contributed by atoms with van der Waals surface area (Å²) in [5.41, 5.74) is 17.6. The zero-order valence-corrected chi connectivity index (χ0v) is 31.4. The van der Waals surface area contributed by atoms with Crippen molar-refractivity contribution in [3.8, 4) is 56.2 Å². The van der Waals surface area contributed by atoms with Gasteiger partial charge in [-0.3, -0.25) is 0 Å². The fourth-order valence-corrected chi connectivity index (χ4v) is 9.94. The summed E-state index contributed by atoms with van der Waals surface area (Å²) in [4.78, 5) is 10.5. The molecule has 2 nitrogen and oxygen atoms in total. The van der Waals surface area contributed by atoms with Crippen molar-refractivity contribution in [1.29, 1.82) is 0 Å². The average Bonchev–Trinajstić information content (AvgIpc) is 3.57. The minimum atomic E-state index is -0.444. The second kappa shape index (κ2) is 12.3. The molecule has 1 heterocycles. The van der Waals surface area contributed by atoms with Crippen molar-refractivity contribution in [2.75, 3.05) is 0 Å². The first-order valence-corrected chi connectivity index (χ1v) is 19.5. The van der Waals surface area contributed by atoms with Crippen LogP contribution in [0.5, 0.6) is 0 Å². The molecule has 0 atom stereocenters. The van der Waals surface area contributed by atoms with Crippen LogP contribution in [-0.4, -0.2) is 9.97 Å². The Bertz CT molecular complexity index is 2890. The maximum atomic E-state index is 5.24. The van der Waals surface area contributed by atoms with Gasteiger partial charge in [0.05, 0.1) is 16.8 Å². The van der Waals surface area contributed by atoms with Crippen molar-refractivity contribution in [3.63, 3.8) is 0 Å². The molecule has 0 fully saturated rings. The molecule has 0 saturated heterocycles. The summed E-state index contributed by atoms with van der Waals surface area (Å²) in [6.07, 6.45) is 0. The third kappa shape index (κ3) is 4.56. The van der Waals surface area contributed by atoms with Crippen LogP contribution < -0.4 is 0 Å². The highest BCUT2D eigenvalue weighted by Gasteiger charge is 2.53. The van der Waals surface area contributed by atoms with Crippen LogP contribution in [0.4, 0.5) is 0 Å². The smallest absolute Gasteiger partial charge is 0.161 e. The molecule has 1 aromatic heterocycles. The molecule has 2 aliphatic rings. The first kappa shape index (κ1) is 32.5. The Hall–Kier alpha value is -6.90. The van der Waals surface area contributed by atoms with E-state index in [4.69, 9.17) is 9.97 Å². The van der Waals surface area contributed by atoms with Gasteiger partial charge in [0.2, 0.25) is 0 Å². The summed E-state index contributed by atoms with van der Waals surface area (Å²) in [6.45, 7) is 4.76. The fourth-order valence-electron chi connectivity index (χ4n) is 9.94. The third-order valence-electron chi connectivity index (χ3n) is 12.4. The molecular weight excluding hydrogens is 677 g/mol. The predicted molar refractivity (Wildman–Crippen MR) is 231 cm³/mol. The Morgan fingerprint density at radius 2 is 0.786 bits per heavy atom. The molecule has 9 aromatic rings. The molecule has 264 valence electrons. The van der Waals surface area contributed by atoms with Crippen molar-refractivity contribution in [3.05, 3.63) is 228 Å². The maximum Gasteiger partial charge on any atom is 0.161 e. The summed E-state index contributed by atoms with van der Waals surface area (Å²) >= 11 is 0. The zero-order chi connectivity index (χ0) is 37.4. The van der Waals surface area contributed by atoms with Crippen LogP contribution in [0, 0.1) is 0 Å². The quantitative estimate of drug-likeness (QED) is 0.181. The second-order valence-electron chi connectivity index (χ2n) is 15.6. The van der Waals surface area contributed by atoms with E-state index in [-0.39, 0.29) is 5.41 Å². The summed E-state index contributed by atoms with van der Waals surface area (Å²) in [5.74, 6) is 0.716. The summed E-state index contributed by atoms with van der Waals surface area (Å²) in [5, 5.41) is 2.31. The fraction of sp³-hybridized carbons (Fsp3) is 0.0741. The molecule has 0 saturated carbocycles. The first-order valence-electron chi connectivity index (χ1n) is 19.5. The first-order chi connectivity index (χ1) is 27.5. The monoisotopic (exact) mass is 714 g/mol. The lowest BCUT2D eigenvalue weighted by atomic mass is 9.55. The number of hydrogen-bond acceptors (Lipinski definition) is 2. The Kier molecular flexibility index (Phi) is 7.15. The van der Waals surface area contributed by atoms with Crippen LogP contribution in [0.1, 0.15) is 47.2 Å². The lowest BCUT2D eigenvalue weighted by molar-refractivity contribution is 0.563. The Labute approximate surface area is 327 Å². The second-order valence-corrected chi connectivity index (χ2v) is 15.6. The van der Waals surface area contributed by atoms with Crippen LogP contribution >= 0.6 is 0 Å². The van der Waals surface area contributed by atoms with Crippen molar-refractivity contribution in [1.82, 2.24) is 9.97 Å². The summed E-state index contributed by atoms with van der Waals surface area (Å²) < 4.78 is 0. The van der Waals surface area contributed by atoms with Gasteiger partial charge in [0.15, 0.2) is 5.82 Å². The highest BCUT2D eigenvalue weighted by molar-refractivity contribution is 6.08. The van der Waals surface area contributed by atoms with Crippen LogP contribution in [0.15, 0.2) is 194 Å². The normalized spacial score (nSPS) is 14.2. The molecule has 1 spiro atoms. The lowest BCUT2D eigenvalue weighted by Crippen LogP contribution is -2.40. The highest BCUT2D eigenvalue weighted by atomic mass is 14.9. The van der Waals surface area contributed by atoms with Gasteiger partial charge in [0.25, 0.3) is 0 Å². The van der Waals surface area contributed by atoms with Crippen LogP contribution in [0.3, 0.4) is 0 Å². The van der Waals surface area contributed by atoms with E-state index < -0.39 is 5.41 Å². The number of nitrogens with zero attached hydrogens (tertiary/aromatic N) is 2. The van der Waals surface area contributed by atoms with Gasteiger partial charge in [0.1, 0.15) is 0 Å². The van der Waals surface area contributed by atoms with E-state index in [2.05, 4.69) is 196 Å². The number of benzene rings is 8. The van der Waals surface area contributed by atoms with Crippen molar-refractivity contribution < 1.29 is 0 Å². The molecule has 0 amide bonds. The van der Waals surface area contributed by atoms with Crippen LogP contribution in [0.2, 0.25) is 0 Å². The molecular formula is C54H38N2. The van der Waals surface area contributed by atoms with Crippen LogP contribution in [0.25, 0.3) is 66.9 Å². The molecule has 0 aliphatic heterocycles. The van der Waals surface area contributed by atoms with Gasteiger partial charge in [-0.2, -0.15) is 0 Å². The van der Waals surface area contributed by atoms with E-state index in [1.165, 1.54) is 61.0 Å². The van der Waals surface area contributed by atoms with E-state index in [0.717, 1.165) is 33.5 Å². The molecule has 0 unspecified atom stereocenters. The van der Waals surface area contributed by atoms with Gasteiger partial charge in [-0.1, -0.05) is 196 Å². The summed E-state index contributed by atoms with van der Waals surface area (Å²) in [6, 6.07) is 70.6. The van der Waals surface area contributed by atoms with Gasteiger partial charge in [-0.25, -0.2) is 9.97 Å². The number of aromatic nitrogens is 2. The zero-order valence-electron chi connectivity index (χ0n) is 31.4. The van der Waals surface area contributed by atoms with Gasteiger partial charge in [-0.05, 0) is 78.5 Å². The molecule has 11 rings (SSSR count). The van der Waals surface area contributed by atoms with Gasteiger partial charge < -0.3 is 0 Å². The molecule has 0 radical (unpaired) electrons. The number of hydrogen-bond donors (Lipinski definition) is 0. The minimum absolute atomic E-state index is 0.139. The molecule has 8 aromatic carbocycles. The molecule has 0 N–H and O–H groups in total. The van der Waals surface area contributed by atoms with Crippen molar-refractivity contribution >= 4 is 10.8 Å². The van der Waals surface area contributed by atoms with E-state index in [9.17, 15) is 0 Å². The molecule has 0 bridgehead atoms. The Balaban J connectivity index is 1.17. The van der Waals surface area contributed by atoms with Gasteiger partial charge in [-0.15, -0.1) is 0 Å². The standard InChI is InChI=1S/C54H38N2/c1-53(2)44-27-13-15-29-46(44)54(47-30-16-14-28-45(47)53)43-26-12-11-24-42(43)51-40(25-17-31-48(51)54)39-32-33-41(38-23-10-9-22-37(38)39)52-55-49(35-18-5-3-6-19-35)34-50(56-52)36-20-7-4-8-21-36/h3-34H,1-2H3. The Morgan fingerprint density at radius 1 is 0.339 bits per heavy atom. The summed E-state index contributed by atoms with van der Waals surface area (Å²) in [7, 11) is 0.